The second kappa shape index (κ2) is 12.9. The van der Waals surface area contributed by atoms with Crippen LogP contribution in [0, 0.1) is 12.8 Å². The molecule has 0 spiro atoms. The third-order valence-corrected chi connectivity index (χ3v) is 5.57. The number of ether oxygens (including phenoxy) is 2. The summed E-state index contributed by atoms with van der Waals surface area (Å²) in [4.78, 5) is 29.2. The number of hydrogen-bond donors (Lipinski definition) is 0. The van der Waals surface area contributed by atoms with Crippen LogP contribution in [0.5, 0.6) is 11.5 Å². The number of carbonyl (C=O) groups excluding carboxylic acids is 2. The van der Waals surface area contributed by atoms with E-state index in [0.717, 1.165) is 23.5 Å². The molecule has 0 N–H and O–H groups in total. The molecule has 2 aromatic rings. The van der Waals surface area contributed by atoms with Gasteiger partial charge in [-0.2, -0.15) is 0 Å². The van der Waals surface area contributed by atoms with Gasteiger partial charge >= 0.3 is 0 Å². The molecule has 0 aliphatic rings. The maximum absolute atomic E-state index is 13.3. The zero-order chi connectivity index (χ0) is 24.4. The molecule has 0 aliphatic carbocycles. The molecule has 0 fully saturated rings. The third-order valence-electron chi connectivity index (χ3n) is 5.57. The Morgan fingerprint density at radius 1 is 0.970 bits per heavy atom. The fraction of sp³-hybridized carbons (Fsp3) is 0.538. The van der Waals surface area contributed by atoms with E-state index in [2.05, 4.69) is 13.8 Å². The van der Waals surface area contributed by atoms with Crippen LogP contribution in [-0.2, 0) is 22.6 Å². The minimum atomic E-state index is -0.0879. The van der Waals surface area contributed by atoms with Gasteiger partial charge in [0.05, 0.1) is 27.3 Å². The Morgan fingerprint density at radius 3 is 2.27 bits per heavy atom. The highest BCUT2D eigenvalue weighted by molar-refractivity contribution is 5.84. The van der Waals surface area contributed by atoms with Crippen LogP contribution < -0.4 is 9.47 Å². The molecule has 7 heteroatoms. The summed E-state index contributed by atoms with van der Waals surface area (Å²) in [5.74, 6) is 3.22. The van der Waals surface area contributed by atoms with Crippen LogP contribution in [0.4, 0.5) is 0 Å². The van der Waals surface area contributed by atoms with Crippen molar-refractivity contribution >= 4 is 11.8 Å². The molecule has 182 valence electrons. The Labute approximate surface area is 197 Å². The summed E-state index contributed by atoms with van der Waals surface area (Å²) < 4.78 is 16.4. The molecule has 2 rings (SSSR count). The standard InChI is InChI=1S/C26H38N2O5/c1-7-25(29)28(14-12-19(2)3)18-26(30)27(17-22-10-8-20(4)33-22)15-13-21-9-11-23(31-5)24(16-21)32-6/h8-11,16,19H,7,12-15,17-18H2,1-6H3. The van der Waals surface area contributed by atoms with Gasteiger partial charge in [0.15, 0.2) is 11.5 Å². The highest BCUT2D eigenvalue weighted by Crippen LogP contribution is 2.27. The SMILES string of the molecule is CCC(=O)N(CCC(C)C)CC(=O)N(CCc1ccc(OC)c(OC)c1)Cc1ccc(C)o1. The lowest BCUT2D eigenvalue weighted by Gasteiger charge is -2.28. The largest absolute Gasteiger partial charge is 0.493 e. The Balaban J connectivity index is 2.16. The molecule has 0 saturated carbocycles. The van der Waals surface area contributed by atoms with Crippen molar-refractivity contribution in [2.45, 2.75) is 53.5 Å². The normalized spacial score (nSPS) is 10.9. The second-order valence-corrected chi connectivity index (χ2v) is 8.62. The van der Waals surface area contributed by atoms with E-state index >= 15 is 0 Å². The number of benzene rings is 1. The minimum Gasteiger partial charge on any atom is -0.493 e. The van der Waals surface area contributed by atoms with E-state index in [0.29, 0.717) is 49.9 Å². The molecule has 7 nitrogen and oxygen atoms in total. The van der Waals surface area contributed by atoms with E-state index in [4.69, 9.17) is 13.9 Å². The average molecular weight is 459 g/mol. The molecule has 33 heavy (non-hydrogen) atoms. The Hall–Kier alpha value is -2.96. The molecule has 0 saturated heterocycles. The first-order valence-corrected chi connectivity index (χ1v) is 11.6. The summed E-state index contributed by atoms with van der Waals surface area (Å²) in [7, 11) is 3.21. The molecule has 1 heterocycles. The highest BCUT2D eigenvalue weighted by Gasteiger charge is 2.22. The predicted octanol–water partition coefficient (Wildman–Crippen LogP) is 4.46. The predicted molar refractivity (Wildman–Crippen MR) is 128 cm³/mol. The van der Waals surface area contributed by atoms with E-state index in [9.17, 15) is 9.59 Å². The average Bonchev–Trinajstić information content (AvgIpc) is 3.22. The number of rotatable bonds is 13. The summed E-state index contributed by atoms with van der Waals surface area (Å²) in [6.07, 6.45) is 1.88. The number of carbonyl (C=O) groups is 2. The van der Waals surface area contributed by atoms with Crippen molar-refractivity contribution < 1.29 is 23.5 Å². The van der Waals surface area contributed by atoms with Crippen LogP contribution in [0.25, 0.3) is 0 Å². The van der Waals surface area contributed by atoms with Crippen LogP contribution >= 0.6 is 0 Å². The lowest BCUT2D eigenvalue weighted by molar-refractivity contribution is -0.141. The Morgan fingerprint density at radius 2 is 1.70 bits per heavy atom. The first-order valence-electron chi connectivity index (χ1n) is 11.6. The monoisotopic (exact) mass is 458 g/mol. The summed E-state index contributed by atoms with van der Waals surface area (Å²) >= 11 is 0. The summed E-state index contributed by atoms with van der Waals surface area (Å²) in [6, 6.07) is 9.54. The van der Waals surface area contributed by atoms with Gasteiger partial charge in [-0.05, 0) is 55.5 Å². The zero-order valence-corrected chi connectivity index (χ0v) is 20.8. The highest BCUT2D eigenvalue weighted by atomic mass is 16.5. The van der Waals surface area contributed by atoms with Gasteiger partial charge in [-0.25, -0.2) is 0 Å². The first kappa shape index (κ1) is 26.3. The maximum Gasteiger partial charge on any atom is 0.242 e. The van der Waals surface area contributed by atoms with Gasteiger partial charge in [-0.3, -0.25) is 9.59 Å². The fourth-order valence-corrected chi connectivity index (χ4v) is 3.54. The summed E-state index contributed by atoms with van der Waals surface area (Å²) in [5, 5.41) is 0. The number of amides is 2. The quantitative estimate of drug-likeness (QED) is 0.443. The first-order chi connectivity index (χ1) is 15.8. The number of methoxy groups -OCH3 is 2. The van der Waals surface area contributed by atoms with Crippen LogP contribution in [0.1, 0.15) is 50.7 Å². The van der Waals surface area contributed by atoms with Crippen LogP contribution in [0.2, 0.25) is 0 Å². The van der Waals surface area contributed by atoms with E-state index in [1.54, 1.807) is 24.0 Å². The van der Waals surface area contributed by atoms with E-state index in [1.807, 2.05) is 44.2 Å². The Bertz CT molecular complexity index is 906. The molecule has 0 bridgehead atoms. The van der Waals surface area contributed by atoms with Gasteiger partial charge in [0, 0.05) is 19.5 Å². The second-order valence-electron chi connectivity index (χ2n) is 8.62. The maximum atomic E-state index is 13.3. The lowest BCUT2D eigenvalue weighted by Crippen LogP contribution is -2.43. The molecule has 0 aliphatic heterocycles. The van der Waals surface area contributed by atoms with Gasteiger partial charge in [-0.15, -0.1) is 0 Å². The molecule has 1 aromatic heterocycles. The number of furan rings is 1. The van der Waals surface area contributed by atoms with Crippen LogP contribution in [-0.4, -0.2) is 55.5 Å². The van der Waals surface area contributed by atoms with Gasteiger partial charge in [0.2, 0.25) is 11.8 Å². The van der Waals surface area contributed by atoms with Crippen LogP contribution in [0.15, 0.2) is 34.7 Å². The van der Waals surface area contributed by atoms with Crippen molar-refractivity contribution in [3.63, 3.8) is 0 Å². The summed E-state index contributed by atoms with van der Waals surface area (Å²) in [6.45, 7) is 9.45. The third kappa shape index (κ3) is 8.15. The van der Waals surface area contributed by atoms with E-state index < -0.39 is 0 Å². The number of hydrogen-bond acceptors (Lipinski definition) is 5. The molecule has 0 atom stereocenters. The molecule has 0 radical (unpaired) electrons. The molecule has 2 amide bonds. The fourth-order valence-electron chi connectivity index (χ4n) is 3.54. The molecule has 0 unspecified atom stereocenters. The van der Waals surface area contributed by atoms with Crippen molar-refractivity contribution in [1.29, 1.82) is 0 Å². The summed E-state index contributed by atoms with van der Waals surface area (Å²) in [5.41, 5.74) is 1.03. The van der Waals surface area contributed by atoms with E-state index in [1.165, 1.54) is 0 Å². The van der Waals surface area contributed by atoms with Crippen LogP contribution in [0.3, 0.4) is 0 Å². The number of aryl methyl sites for hydroxylation is 1. The topological polar surface area (TPSA) is 72.2 Å². The van der Waals surface area contributed by atoms with Gasteiger partial charge in [0.1, 0.15) is 11.5 Å². The van der Waals surface area contributed by atoms with Crippen molar-refractivity contribution in [3.05, 3.63) is 47.4 Å². The zero-order valence-electron chi connectivity index (χ0n) is 20.8. The molecular formula is C26H38N2O5. The van der Waals surface area contributed by atoms with Crippen molar-refractivity contribution in [1.82, 2.24) is 9.80 Å². The molecular weight excluding hydrogens is 420 g/mol. The lowest BCUT2D eigenvalue weighted by atomic mass is 10.1. The van der Waals surface area contributed by atoms with Crippen molar-refractivity contribution in [2.75, 3.05) is 33.9 Å². The smallest absolute Gasteiger partial charge is 0.242 e. The minimum absolute atomic E-state index is 0.00214. The van der Waals surface area contributed by atoms with Gasteiger partial charge < -0.3 is 23.7 Å². The van der Waals surface area contributed by atoms with Crippen molar-refractivity contribution in [3.8, 4) is 11.5 Å². The van der Waals surface area contributed by atoms with Gasteiger partial charge in [0.25, 0.3) is 0 Å². The van der Waals surface area contributed by atoms with Gasteiger partial charge in [-0.1, -0.05) is 26.8 Å². The number of nitrogens with zero attached hydrogens (tertiary/aromatic N) is 2. The van der Waals surface area contributed by atoms with E-state index in [-0.39, 0.29) is 18.4 Å². The molecule has 1 aromatic carbocycles. The van der Waals surface area contributed by atoms with Crippen molar-refractivity contribution in [2.24, 2.45) is 5.92 Å². The Kier molecular flexibility index (Phi) is 10.3.